The molecule has 1 saturated heterocycles. The highest BCUT2D eigenvalue weighted by atomic mass is 35.5. The lowest BCUT2D eigenvalue weighted by Crippen LogP contribution is -2.42. The summed E-state index contributed by atoms with van der Waals surface area (Å²) in [6.45, 7) is 3.34. The standard InChI is InChI=1S/C16H20Cl2N2O2/c17-12-6-11-3-5-19(10-14(11)15(18)7-12)8-13(21)9-20-4-1-2-16(20)22/h6-7,13,21H,1-5,8-10H2/t13-/m0/s1. The summed E-state index contributed by atoms with van der Waals surface area (Å²) in [5, 5.41) is 11.6. The van der Waals surface area contributed by atoms with Crippen molar-refractivity contribution in [2.45, 2.75) is 31.9 Å². The summed E-state index contributed by atoms with van der Waals surface area (Å²) in [6, 6.07) is 3.74. The van der Waals surface area contributed by atoms with Gasteiger partial charge in [0.05, 0.1) is 6.10 Å². The van der Waals surface area contributed by atoms with Gasteiger partial charge in [0.25, 0.3) is 0 Å². The number of amides is 1. The zero-order chi connectivity index (χ0) is 15.7. The largest absolute Gasteiger partial charge is 0.390 e. The van der Waals surface area contributed by atoms with Crippen molar-refractivity contribution in [3.8, 4) is 0 Å². The summed E-state index contributed by atoms with van der Waals surface area (Å²) in [6.07, 6.45) is 1.87. The Morgan fingerprint density at radius 3 is 2.73 bits per heavy atom. The zero-order valence-electron chi connectivity index (χ0n) is 12.4. The van der Waals surface area contributed by atoms with Gasteiger partial charge in [0.15, 0.2) is 0 Å². The molecule has 2 aliphatic heterocycles. The van der Waals surface area contributed by atoms with E-state index in [4.69, 9.17) is 23.2 Å². The van der Waals surface area contributed by atoms with E-state index >= 15 is 0 Å². The van der Waals surface area contributed by atoms with Gasteiger partial charge in [-0.15, -0.1) is 0 Å². The van der Waals surface area contributed by atoms with Gasteiger partial charge in [-0.2, -0.15) is 0 Å². The summed E-state index contributed by atoms with van der Waals surface area (Å²) in [4.78, 5) is 15.6. The van der Waals surface area contributed by atoms with Crippen molar-refractivity contribution in [1.82, 2.24) is 9.80 Å². The number of hydrogen-bond donors (Lipinski definition) is 1. The number of β-amino-alcohol motifs (C(OH)–C–C–N with tert-alkyl or cyclic N) is 1. The molecule has 0 radical (unpaired) electrons. The molecule has 3 rings (SSSR count). The van der Waals surface area contributed by atoms with Gasteiger partial charge in [0.1, 0.15) is 0 Å². The molecule has 0 aliphatic carbocycles. The Morgan fingerprint density at radius 2 is 2.00 bits per heavy atom. The summed E-state index contributed by atoms with van der Waals surface area (Å²) < 4.78 is 0. The summed E-state index contributed by atoms with van der Waals surface area (Å²) >= 11 is 12.3. The van der Waals surface area contributed by atoms with E-state index < -0.39 is 6.10 Å². The van der Waals surface area contributed by atoms with Crippen LogP contribution in [-0.2, 0) is 17.8 Å². The fraction of sp³-hybridized carbons (Fsp3) is 0.562. The Bertz CT molecular complexity index is 580. The Kier molecular flexibility index (Phi) is 4.93. The van der Waals surface area contributed by atoms with Crippen LogP contribution in [0.5, 0.6) is 0 Å². The quantitative estimate of drug-likeness (QED) is 0.913. The van der Waals surface area contributed by atoms with E-state index in [1.54, 1.807) is 11.0 Å². The summed E-state index contributed by atoms with van der Waals surface area (Å²) in [5.41, 5.74) is 2.29. The zero-order valence-corrected chi connectivity index (χ0v) is 13.9. The third kappa shape index (κ3) is 3.57. The van der Waals surface area contributed by atoms with E-state index in [0.29, 0.717) is 29.6 Å². The first-order chi connectivity index (χ1) is 10.5. The Hall–Kier alpha value is -0.810. The second-order valence-corrected chi connectivity index (χ2v) is 6.95. The molecule has 0 bridgehead atoms. The molecule has 1 N–H and O–H groups in total. The first kappa shape index (κ1) is 16.1. The molecule has 0 spiro atoms. The molecular weight excluding hydrogens is 323 g/mol. The number of carbonyl (C=O) groups excluding carboxylic acids is 1. The van der Waals surface area contributed by atoms with Gasteiger partial charge >= 0.3 is 0 Å². The van der Waals surface area contributed by atoms with E-state index in [-0.39, 0.29) is 5.91 Å². The fourth-order valence-electron chi connectivity index (χ4n) is 3.30. The van der Waals surface area contributed by atoms with E-state index in [0.717, 1.165) is 38.0 Å². The Morgan fingerprint density at radius 1 is 1.18 bits per heavy atom. The van der Waals surface area contributed by atoms with Crippen LogP contribution in [0.15, 0.2) is 12.1 Å². The van der Waals surface area contributed by atoms with Crippen LogP contribution in [0.2, 0.25) is 10.0 Å². The molecular formula is C16H20Cl2N2O2. The van der Waals surface area contributed by atoms with E-state index in [1.807, 2.05) is 6.07 Å². The second kappa shape index (κ2) is 6.75. The maximum absolute atomic E-state index is 11.6. The maximum Gasteiger partial charge on any atom is 0.222 e. The summed E-state index contributed by atoms with van der Waals surface area (Å²) in [5.74, 6) is 0.153. The molecule has 1 aromatic rings. The highest BCUT2D eigenvalue weighted by molar-refractivity contribution is 6.35. The molecule has 1 aromatic carbocycles. The molecule has 6 heteroatoms. The lowest BCUT2D eigenvalue weighted by atomic mass is 9.99. The van der Waals surface area contributed by atoms with Gasteiger partial charge in [0.2, 0.25) is 5.91 Å². The highest BCUT2D eigenvalue weighted by Gasteiger charge is 2.25. The van der Waals surface area contributed by atoms with Gasteiger partial charge in [-0.3, -0.25) is 9.69 Å². The molecule has 2 aliphatic rings. The van der Waals surface area contributed by atoms with Gasteiger partial charge in [0, 0.05) is 49.2 Å². The minimum Gasteiger partial charge on any atom is -0.390 e. The van der Waals surface area contributed by atoms with E-state index in [2.05, 4.69) is 4.90 Å². The predicted molar refractivity (Wildman–Crippen MR) is 87.3 cm³/mol. The summed E-state index contributed by atoms with van der Waals surface area (Å²) in [7, 11) is 0. The number of aliphatic hydroxyl groups excluding tert-OH is 1. The Labute approximate surface area is 140 Å². The average Bonchev–Trinajstić information content (AvgIpc) is 2.85. The smallest absolute Gasteiger partial charge is 0.222 e. The molecule has 0 unspecified atom stereocenters. The number of carbonyl (C=O) groups is 1. The molecule has 0 aromatic heterocycles. The molecule has 120 valence electrons. The van der Waals surface area contributed by atoms with Crippen LogP contribution in [-0.4, -0.2) is 53.1 Å². The topological polar surface area (TPSA) is 43.8 Å². The second-order valence-electron chi connectivity index (χ2n) is 6.11. The molecule has 1 fully saturated rings. The van der Waals surface area contributed by atoms with Crippen LogP contribution >= 0.6 is 23.2 Å². The minimum absolute atomic E-state index is 0.153. The van der Waals surface area contributed by atoms with Crippen LogP contribution in [0.4, 0.5) is 0 Å². The van der Waals surface area contributed by atoms with Crippen molar-refractivity contribution >= 4 is 29.1 Å². The highest BCUT2D eigenvalue weighted by Crippen LogP contribution is 2.30. The number of benzene rings is 1. The number of hydrogen-bond acceptors (Lipinski definition) is 3. The van der Waals surface area contributed by atoms with Crippen LogP contribution in [0.1, 0.15) is 24.0 Å². The number of aliphatic hydroxyl groups is 1. The lowest BCUT2D eigenvalue weighted by Gasteiger charge is -2.32. The Balaban J connectivity index is 1.59. The average molecular weight is 343 g/mol. The monoisotopic (exact) mass is 342 g/mol. The third-order valence-corrected chi connectivity index (χ3v) is 4.96. The van der Waals surface area contributed by atoms with Crippen molar-refractivity contribution in [2.75, 3.05) is 26.2 Å². The maximum atomic E-state index is 11.6. The van der Waals surface area contributed by atoms with Crippen molar-refractivity contribution in [2.24, 2.45) is 0 Å². The third-order valence-electron chi connectivity index (χ3n) is 4.40. The molecule has 1 atom stereocenters. The lowest BCUT2D eigenvalue weighted by molar-refractivity contribution is -0.129. The van der Waals surface area contributed by atoms with Crippen molar-refractivity contribution in [3.05, 3.63) is 33.3 Å². The first-order valence-corrected chi connectivity index (χ1v) is 8.43. The van der Waals surface area contributed by atoms with Gasteiger partial charge in [-0.05, 0) is 36.1 Å². The van der Waals surface area contributed by atoms with E-state index in [9.17, 15) is 9.90 Å². The molecule has 0 saturated carbocycles. The molecule has 1 amide bonds. The van der Waals surface area contributed by atoms with Gasteiger partial charge in [-0.25, -0.2) is 0 Å². The van der Waals surface area contributed by atoms with Crippen LogP contribution in [0.25, 0.3) is 0 Å². The SMILES string of the molecule is O=C1CCCN1C[C@@H](O)CN1CCc2cc(Cl)cc(Cl)c2C1. The van der Waals surface area contributed by atoms with E-state index in [1.165, 1.54) is 5.56 Å². The van der Waals surface area contributed by atoms with Crippen molar-refractivity contribution < 1.29 is 9.90 Å². The number of rotatable bonds is 4. The van der Waals surface area contributed by atoms with Crippen molar-refractivity contribution in [1.29, 1.82) is 0 Å². The van der Waals surface area contributed by atoms with Crippen molar-refractivity contribution in [3.63, 3.8) is 0 Å². The number of halogens is 2. The number of fused-ring (bicyclic) bond motifs is 1. The molecule has 2 heterocycles. The van der Waals surface area contributed by atoms with Gasteiger partial charge in [-0.1, -0.05) is 23.2 Å². The first-order valence-electron chi connectivity index (χ1n) is 7.68. The molecule has 22 heavy (non-hydrogen) atoms. The minimum atomic E-state index is -0.519. The number of nitrogens with zero attached hydrogens (tertiary/aromatic N) is 2. The predicted octanol–water partition coefficient (Wildman–Crippen LogP) is 2.33. The fourth-order valence-corrected chi connectivity index (χ4v) is 3.90. The van der Waals surface area contributed by atoms with Gasteiger partial charge < -0.3 is 10.0 Å². The number of likely N-dealkylation sites (tertiary alicyclic amines) is 1. The van der Waals surface area contributed by atoms with Crippen LogP contribution in [0, 0.1) is 0 Å². The normalized spacial score (nSPS) is 20.3. The van der Waals surface area contributed by atoms with Crippen LogP contribution < -0.4 is 0 Å². The van der Waals surface area contributed by atoms with Crippen LogP contribution in [0.3, 0.4) is 0 Å². The molecule has 4 nitrogen and oxygen atoms in total.